The number of Topliss-reactive ketones (excluding diaryl/α,β-unsaturated/α-hetero) is 1. The fourth-order valence-electron chi connectivity index (χ4n) is 3.67. The smallest absolute Gasteiger partial charge is 0.178 e. The van der Waals surface area contributed by atoms with Crippen LogP contribution in [0, 0.1) is 28.1 Å². The Hall–Kier alpha value is -1.14. The van der Waals surface area contributed by atoms with Crippen molar-refractivity contribution in [3.05, 3.63) is 11.6 Å². The van der Waals surface area contributed by atoms with Crippen molar-refractivity contribution in [2.24, 2.45) is 16.7 Å². The molecule has 3 nitrogen and oxygen atoms in total. The van der Waals surface area contributed by atoms with E-state index in [2.05, 4.69) is 0 Å². The van der Waals surface area contributed by atoms with E-state index >= 15 is 0 Å². The van der Waals surface area contributed by atoms with Crippen molar-refractivity contribution in [2.45, 2.75) is 46.1 Å². The molecule has 0 aromatic carbocycles. The van der Waals surface area contributed by atoms with Gasteiger partial charge in [-0.05, 0) is 18.8 Å². The van der Waals surface area contributed by atoms with E-state index < -0.39 is 16.9 Å². The number of hydrogen-bond acceptors (Lipinski definition) is 3. The summed E-state index contributed by atoms with van der Waals surface area (Å²) in [7, 11) is 0. The average molecular weight is 233 g/mol. The van der Waals surface area contributed by atoms with Gasteiger partial charge in [-0.2, -0.15) is 5.26 Å². The van der Waals surface area contributed by atoms with Gasteiger partial charge in [-0.1, -0.05) is 33.3 Å². The molecule has 1 N–H and O–H groups in total. The van der Waals surface area contributed by atoms with Crippen molar-refractivity contribution in [3.63, 3.8) is 0 Å². The van der Waals surface area contributed by atoms with Crippen LogP contribution in [0.15, 0.2) is 11.6 Å². The molecule has 0 amide bonds. The van der Waals surface area contributed by atoms with Crippen molar-refractivity contribution in [1.82, 2.24) is 0 Å². The number of allylic oxidation sites excluding steroid dienone is 1. The van der Waals surface area contributed by atoms with Crippen LogP contribution in [0.5, 0.6) is 0 Å². The predicted molar refractivity (Wildman–Crippen MR) is 63.9 cm³/mol. The zero-order valence-corrected chi connectivity index (χ0v) is 10.7. The lowest BCUT2D eigenvalue weighted by molar-refractivity contribution is -0.136. The number of nitrogens with zero attached hydrogens (tertiary/aromatic N) is 1. The summed E-state index contributed by atoms with van der Waals surface area (Å²) in [6.45, 7) is 5.79. The predicted octanol–water partition coefficient (Wildman–Crippen LogP) is 2.21. The lowest BCUT2D eigenvalue weighted by Crippen LogP contribution is -2.53. The van der Waals surface area contributed by atoms with Gasteiger partial charge in [-0.25, -0.2) is 0 Å². The first kappa shape index (κ1) is 12.3. The number of carbonyl (C=O) groups is 1. The first-order chi connectivity index (χ1) is 7.84. The lowest BCUT2D eigenvalue weighted by atomic mass is 9.51. The van der Waals surface area contributed by atoms with E-state index in [1.165, 1.54) is 0 Å². The van der Waals surface area contributed by atoms with Gasteiger partial charge in [0.05, 0.1) is 11.7 Å². The van der Waals surface area contributed by atoms with Crippen LogP contribution in [-0.2, 0) is 4.79 Å². The average Bonchev–Trinajstić information content (AvgIpc) is 2.27. The number of nitriles is 1. The van der Waals surface area contributed by atoms with Gasteiger partial charge in [-0.3, -0.25) is 4.79 Å². The maximum absolute atomic E-state index is 12.2. The van der Waals surface area contributed by atoms with Crippen LogP contribution in [-0.4, -0.2) is 17.0 Å². The molecule has 92 valence electrons. The highest BCUT2D eigenvalue weighted by atomic mass is 16.3. The summed E-state index contributed by atoms with van der Waals surface area (Å²) >= 11 is 0. The van der Waals surface area contributed by atoms with Crippen LogP contribution in [0.4, 0.5) is 0 Å². The highest BCUT2D eigenvalue weighted by Gasteiger charge is 2.55. The lowest BCUT2D eigenvalue weighted by Gasteiger charge is -2.52. The third kappa shape index (κ3) is 1.55. The van der Waals surface area contributed by atoms with E-state index in [1.807, 2.05) is 26.8 Å². The SMILES string of the molecule is CC1(C)C(=O)C(C#N)=CC2(C)C(O)CCCC12. The molecule has 3 atom stereocenters. The summed E-state index contributed by atoms with van der Waals surface area (Å²) in [5.41, 5.74) is -0.758. The molecule has 0 radical (unpaired) electrons. The van der Waals surface area contributed by atoms with Crippen molar-refractivity contribution < 1.29 is 9.90 Å². The highest BCUT2D eigenvalue weighted by molar-refractivity contribution is 6.04. The highest BCUT2D eigenvalue weighted by Crippen LogP contribution is 2.54. The minimum atomic E-state index is -0.546. The molecule has 3 heteroatoms. The number of aliphatic hydroxyl groups excluding tert-OH is 1. The molecule has 0 saturated heterocycles. The second-order valence-corrected chi connectivity index (χ2v) is 6.09. The third-order valence-corrected chi connectivity index (χ3v) is 4.72. The number of ketones is 1. The van der Waals surface area contributed by atoms with E-state index in [0.717, 1.165) is 19.3 Å². The molecule has 0 bridgehead atoms. The molecule has 2 aliphatic rings. The normalized spacial score (nSPS) is 40.2. The molecule has 3 unspecified atom stereocenters. The van der Waals surface area contributed by atoms with Crippen LogP contribution in [0.25, 0.3) is 0 Å². The van der Waals surface area contributed by atoms with Gasteiger partial charge < -0.3 is 5.11 Å². The molecule has 17 heavy (non-hydrogen) atoms. The van der Waals surface area contributed by atoms with Crippen LogP contribution >= 0.6 is 0 Å². The Morgan fingerprint density at radius 1 is 1.41 bits per heavy atom. The Kier molecular flexibility index (Phi) is 2.67. The van der Waals surface area contributed by atoms with Gasteiger partial charge in [-0.15, -0.1) is 0 Å². The summed E-state index contributed by atoms with van der Waals surface area (Å²) in [6, 6.07) is 1.99. The third-order valence-electron chi connectivity index (χ3n) is 4.72. The number of carbonyl (C=O) groups excluding carboxylic acids is 1. The number of hydrogen-bond donors (Lipinski definition) is 1. The monoisotopic (exact) mass is 233 g/mol. The molecule has 0 aromatic rings. The molecular weight excluding hydrogens is 214 g/mol. The van der Waals surface area contributed by atoms with Crippen molar-refractivity contribution in [1.29, 1.82) is 5.26 Å². The van der Waals surface area contributed by atoms with Crippen LogP contribution in [0.3, 0.4) is 0 Å². The fraction of sp³-hybridized carbons (Fsp3) is 0.714. The second-order valence-electron chi connectivity index (χ2n) is 6.09. The molecule has 0 spiro atoms. The fourth-order valence-corrected chi connectivity index (χ4v) is 3.67. The summed E-state index contributed by atoms with van der Waals surface area (Å²) < 4.78 is 0. The topological polar surface area (TPSA) is 61.1 Å². The minimum Gasteiger partial charge on any atom is -0.392 e. The van der Waals surface area contributed by atoms with E-state index in [0.29, 0.717) is 0 Å². The van der Waals surface area contributed by atoms with E-state index in [9.17, 15) is 9.90 Å². The summed E-state index contributed by atoms with van der Waals surface area (Å²) in [6.07, 6.45) is 3.92. The Morgan fingerprint density at radius 2 is 2.06 bits per heavy atom. The van der Waals surface area contributed by atoms with E-state index in [1.54, 1.807) is 6.08 Å². The van der Waals surface area contributed by atoms with Gasteiger partial charge in [0.25, 0.3) is 0 Å². The van der Waals surface area contributed by atoms with Crippen molar-refractivity contribution >= 4 is 5.78 Å². The first-order valence-corrected chi connectivity index (χ1v) is 6.20. The number of rotatable bonds is 0. The molecule has 1 saturated carbocycles. The van der Waals surface area contributed by atoms with Gasteiger partial charge >= 0.3 is 0 Å². The quantitative estimate of drug-likeness (QED) is 0.697. The van der Waals surface area contributed by atoms with Gasteiger partial charge in [0.1, 0.15) is 6.07 Å². The van der Waals surface area contributed by atoms with Crippen molar-refractivity contribution in [2.75, 3.05) is 0 Å². The standard InChI is InChI=1S/C14H19NO2/c1-13(2)10-5-4-6-11(16)14(10,3)7-9(8-15)12(13)17/h7,10-11,16H,4-6H2,1-3H3. The molecule has 0 heterocycles. The Morgan fingerprint density at radius 3 is 2.65 bits per heavy atom. The molecule has 0 aromatic heterocycles. The largest absolute Gasteiger partial charge is 0.392 e. The van der Waals surface area contributed by atoms with Crippen molar-refractivity contribution in [3.8, 4) is 6.07 Å². The Bertz CT molecular complexity index is 430. The van der Waals surface area contributed by atoms with Gasteiger partial charge in [0.2, 0.25) is 0 Å². The van der Waals surface area contributed by atoms with Gasteiger partial charge in [0, 0.05) is 10.8 Å². The summed E-state index contributed by atoms with van der Waals surface area (Å²) in [5, 5.41) is 19.3. The maximum Gasteiger partial charge on any atom is 0.178 e. The summed E-state index contributed by atoms with van der Waals surface area (Å²) in [5.74, 6) is 0.0555. The number of aliphatic hydroxyl groups is 1. The zero-order valence-electron chi connectivity index (χ0n) is 10.7. The molecule has 2 aliphatic carbocycles. The van der Waals surface area contributed by atoms with Crippen LogP contribution in [0.1, 0.15) is 40.0 Å². The van der Waals surface area contributed by atoms with Gasteiger partial charge in [0.15, 0.2) is 5.78 Å². The zero-order chi connectivity index (χ0) is 12.8. The Labute approximate surface area is 102 Å². The number of fused-ring (bicyclic) bond motifs is 1. The summed E-state index contributed by atoms with van der Waals surface area (Å²) in [4.78, 5) is 12.2. The first-order valence-electron chi connectivity index (χ1n) is 6.20. The maximum atomic E-state index is 12.2. The molecular formula is C14H19NO2. The molecule has 2 rings (SSSR count). The Balaban J connectivity index is 2.58. The van der Waals surface area contributed by atoms with Crippen LogP contribution < -0.4 is 0 Å². The van der Waals surface area contributed by atoms with Crippen LogP contribution in [0.2, 0.25) is 0 Å². The van der Waals surface area contributed by atoms with E-state index in [4.69, 9.17) is 5.26 Å². The van der Waals surface area contributed by atoms with E-state index in [-0.39, 0.29) is 17.3 Å². The molecule has 1 fully saturated rings. The second kappa shape index (κ2) is 3.68. The minimum absolute atomic E-state index is 0.0726. The molecule has 0 aliphatic heterocycles.